The van der Waals surface area contributed by atoms with E-state index in [2.05, 4.69) is 24.0 Å². The lowest BCUT2D eigenvalue weighted by Crippen LogP contribution is -2.01. The van der Waals surface area contributed by atoms with Crippen LogP contribution in [0.3, 0.4) is 0 Å². The number of aromatic amines is 1. The van der Waals surface area contributed by atoms with Crippen LogP contribution in [0.2, 0.25) is 0 Å². The monoisotopic (exact) mass is 325 g/mol. The molecule has 0 radical (unpaired) electrons. The highest BCUT2D eigenvalue weighted by Gasteiger charge is 2.16. The molecule has 2 aromatic carbocycles. The molecule has 2 N–H and O–H groups in total. The Morgan fingerprint density at radius 1 is 1.17 bits per heavy atom. The van der Waals surface area contributed by atoms with Crippen LogP contribution in [0.5, 0.6) is 0 Å². The van der Waals surface area contributed by atoms with Crippen LogP contribution in [0.1, 0.15) is 30.9 Å². The predicted molar refractivity (Wildman–Crippen MR) is 93.6 cm³/mol. The van der Waals surface area contributed by atoms with Crippen molar-refractivity contribution in [2.45, 2.75) is 32.6 Å². The van der Waals surface area contributed by atoms with Crippen LogP contribution in [-0.4, -0.2) is 16.1 Å². The summed E-state index contributed by atoms with van der Waals surface area (Å²) in [4.78, 5) is 14.6. The number of aryl methyl sites for hydroxylation is 1. The molecular weight excluding hydrogens is 305 g/mol. The van der Waals surface area contributed by atoms with Gasteiger partial charge in [0.15, 0.2) is 0 Å². The van der Waals surface area contributed by atoms with Gasteiger partial charge in [0.25, 0.3) is 0 Å². The Labute approximate surface area is 140 Å². The number of hydrogen-bond donors (Lipinski definition) is 2. The van der Waals surface area contributed by atoms with Gasteiger partial charge in [-0.15, -0.1) is 0 Å². The smallest absolute Gasteiger partial charge is 0.307 e. The number of unbranched alkanes of at least 4 members (excludes halogenated alkanes) is 1. The molecule has 3 rings (SSSR count). The molecule has 0 fully saturated rings. The highest BCUT2D eigenvalue weighted by molar-refractivity contribution is 5.94. The van der Waals surface area contributed by atoms with Crippen molar-refractivity contribution in [3.05, 3.63) is 59.4 Å². The summed E-state index contributed by atoms with van der Waals surface area (Å²) in [6.07, 6.45) is 3.14. The van der Waals surface area contributed by atoms with Crippen LogP contribution >= 0.6 is 0 Å². The summed E-state index contributed by atoms with van der Waals surface area (Å²) in [6.45, 7) is 2.15. The molecule has 24 heavy (non-hydrogen) atoms. The van der Waals surface area contributed by atoms with Crippen molar-refractivity contribution in [2.75, 3.05) is 0 Å². The average molecular weight is 325 g/mol. The van der Waals surface area contributed by atoms with E-state index in [0.717, 1.165) is 47.0 Å². The highest BCUT2D eigenvalue weighted by Crippen LogP contribution is 2.32. The summed E-state index contributed by atoms with van der Waals surface area (Å²) in [5.74, 6) is -1.19. The number of H-pyrrole nitrogens is 1. The molecule has 1 aromatic heterocycles. The van der Waals surface area contributed by atoms with Crippen molar-refractivity contribution in [1.82, 2.24) is 4.98 Å². The van der Waals surface area contributed by atoms with E-state index in [1.165, 1.54) is 17.7 Å². The molecule has 1 heterocycles. The predicted octanol–water partition coefficient (Wildman–Crippen LogP) is 4.94. The van der Waals surface area contributed by atoms with Gasteiger partial charge in [0.1, 0.15) is 5.82 Å². The van der Waals surface area contributed by atoms with Crippen molar-refractivity contribution < 1.29 is 14.3 Å². The van der Waals surface area contributed by atoms with Crippen molar-refractivity contribution in [2.24, 2.45) is 0 Å². The van der Waals surface area contributed by atoms with Crippen LogP contribution in [0.4, 0.5) is 4.39 Å². The summed E-state index contributed by atoms with van der Waals surface area (Å²) in [5.41, 5.74) is 4.41. The largest absolute Gasteiger partial charge is 0.481 e. The first-order valence-electron chi connectivity index (χ1n) is 8.19. The minimum Gasteiger partial charge on any atom is -0.481 e. The van der Waals surface area contributed by atoms with Gasteiger partial charge >= 0.3 is 5.97 Å². The van der Waals surface area contributed by atoms with E-state index < -0.39 is 5.97 Å². The Morgan fingerprint density at radius 2 is 1.92 bits per heavy atom. The molecule has 4 heteroatoms. The fraction of sp³-hybridized carbons (Fsp3) is 0.250. The Kier molecular flexibility index (Phi) is 4.65. The topological polar surface area (TPSA) is 53.1 Å². The van der Waals surface area contributed by atoms with Gasteiger partial charge in [0.2, 0.25) is 0 Å². The number of fused-ring (bicyclic) bond motifs is 1. The van der Waals surface area contributed by atoms with E-state index >= 15 is 0 Å². The fourth-order valence-corrected chi connectivity index (χ4v) is 3.03. The SMILES string of the molecule is CCCCc1ccc2[nH]c(-c3ccc(F)cc3)c(CC(=O)O)c2c1. The molecule has 0 saturated carbocycles. The molecule has 124 valence electrons. The quantitative estimate of drug-likeness (QED) is 0.674. The molecule has 0 saturated heterocycles. The van der Waals surface area contributed by atoms with E-state index in [4.69, 9.17) is 0 Å². The van der Waals surface area contributed by atoms with E-state index in [9.17, 15) is 14.3 Å². The number of carboxylic acids is 1. The number of rotatable bonds is 6. The summed E-state index contributed by atoms with van der Waals surface area (Å²) in [6, 6.07) is 12.3. The summed E-state index contributed by atoms with van der Waals surface area (Å²) >= 11 is 0. The first-order valence-corrected chi connectivity index (χ1v) is 8.19. The lowest BCUT2D eigenvalue weighted by atomic mass is 10.00. The van der Waals surface area contributed by atoms with Gasteiger partial charge in [-0.05, 0) is 65.9 Å². The molecule has 0 aliphatic rings. The zero-order valence-electron chi connectivity index (χ0n) is 13.6. The number of carboxylic acid groups (broad SMARTS) is 1. The number of aromatic nitrogens is 1. The van der Waals surface area contributed by atoms with Gasteiger partial charge in [-0.3, -0.25) is 4.79 Å². The molecular formula is C20H20FNO2. The third kappa shape index (κ3) is 3.32. The number of carbonyl (C=O) groups is 1. The average Bonchev–Trinajstić information content (AvgIpc) is 2.91. The molecule has 0 bridgehead atoms. The maximum atomic E-state index is 13.2. The molecule has 0 aliphatic carbocycles. The zero-order valence-corrected chi connectivity index (χ0v) is 13.6. The maximum Gasteiger partial charge on any atom is 0.307 e. The molecule has 0 spiro atoms. The van der Waals surface area contributed by atoms with Gasteiger partial charge in [0.05, 0.1) is 12.1 Å². The number of hydrogen-bond acceptors (Lipinski definition) is 1. The molecule has 3 nitrogen and oxygen atoms in total. The van der Waals surface area contributed by atoms with Crippen LogP contribution in [0.15, 0.2) is 42.5 Å². The molecule has 3 aromatic rings. The first-order chi connectivity index (χ1) is 11.6. The normalized spacial score (nSPS) is 11.1. The number of nitrogens with one attached hydrogen (secondary N) is 1. The second-order valence-electron chi connectivity index (χ2n) is 6.04. The molecule has 0 aliphatic heterocycles. The Morgan fingerprint density at radius 3 is 2.58 bits per heavy atom. The first kappa shape index (κ1) is 16.2. The molecule has 0 amide bonds. The lowest BCUT2D eigenvalue weighted by molar-refractivity contribution is -0.136. The standard InChI is InChI=1S/C20H20FNO2/c1-2-3-4-13-5-10-18-16(11-13)17(12-19(23)24)20(22-18)14-6-8-15(21)9-7-14/h5-11,22H,2-4,12H2,1H3,(H,23,24). The van der Waals surface area contributed by atoms with Gasteiger partial charge in [0, 0.05) is 10.9 Å². The van der Waals surface area contributed by atoms with E-state index in [0.29, 0.717) is 0 Å². The van der Waals surface area contributed by atoms with Crippen molar-refractivity contribution >= 4 is 16.9 Å². The van der Waals surface area contributed by atoms with Gasteiger partial charge in [-0.25, -0.2) is 4.39 Å². The zero-order chi connectivity index (χ0) is 17.1. The van der Waals surface area contributed by atoms with Crippen LogP contribution < -0.4 is 0 Å². The Hall–Kier alpha value is -2.62. The van der Waals surface area contributed by atoms with Gasteiger partial charge in [-0.2, -0.15) is 0 Å². The number of halogens is 1. The van der Waals surface area contributed by atoms with Crippen molar-refractivity contribution in [1.29, 1.82) is 0 Å². The minimum atomic E-state index is -0.877. The Balaban J connectivity index is 2.13. The maximum absolute atomic E-state index is 13.2. The van der Waals surface area contributed by atoms with Crippen LogP contribution in [0.25, 0.3) is 22.2 Å². The van der Waals surface area contributed by atoms with Gasteiger partial charge < -0.3 is 10.1 Å². The summed E-state index contributed by atoms with van der Waals surface area (Å²) < 4.78 is 13.2. The Bertz CT molecular complexity index is 865. The summed E-state index contributed by atoms with van der Waals surface area (Å²) in [5, 5.41) is 10.2. The van der Waals surface area contributed by atoms with Gasteiger partial charge in [-0.1, -0.05) is 19.4 Å². The minimum absolute atomic E-state index is 0.0655. The lowest BCUT2D eigenvalue weighted by Gasteiger charge is -2.04. The number of aliphatic carboxylic acids is 1. The van der Waals surface area contributed by atoms with E-state index in [1.54, 1.807) is 12.1 Å². The second-order valence-corrected chi connectivity index (χ2v) is 6.04. The fourth-order valence-electron chi connectivity index (χ4n) is 3.03. The highest BCUT2D eigenvalue weighted by atomic mass is 19.1. The van der Waals surface area contributed by atoms with Crippen LogP contribution in [-0.2, 0) is 17.6 Å². The molecule has 0 atom stereocenters. The molecule has 0 unspecified atom stereocenters. The third-order valence-corrected chi connectivity index (χ3v) is 4.25. The third-order valence-electron chi connectivity index (χ3n) is 4.25. The van der Waals surface area contributed by atoms with E-state index in [-0.39, 0.29) is 12.2 Å². The van der Waals surface area contributed by atoms with E-state index in [1.807, 2.05) is 6.07 Å². The van der Waals surface area contributed by atoms with Crippen molar-refractivity contribution in [3.63, 3.8) is 0 Å². The van der Waals surface area contributed by atoms with Crippen molar-refractivity contribution in [3.8, 4) is 11.3 Å². The van der Waals surface area contributed by atoms with Crippen LogP contribution in [0, 0.1) is 5.82 Å². The number of benzene rings is 2. The summed E-state index contributed by atoms with van der Waals surface area (Å²) in [7, 11) is 0. The second kappa shape index (κ2) is 6.87.